The molecular formula is C17H24N8. The molecule has 8 heteroatoms. The molecule has 4 N–H and O–H groups in total. The zero-order valence-corrected chi connectivity index (χ0v) is 15.0. The maximum absolute atomic E-state index is 6.23. The average Bonchev–Trinajstić information content (AvgIpc) is 2.94. The number of anilines is 2. The van der Waals surface area contributed by atoms with Crippen LogP contribution in [0.5, 0.6) is 0 Å². The Hall–Kier alpha value is -2.74. The van der Waals surface area contributed by atoms with Gasteiger partial charge in [0.2, 0.25) is 5.95 Å². The lowest BCUT2D eigenvalue weighted by Crippen LogP contribution is -2.27. The third-order valence-corrected chi connectivity index (χ3v) is 3.70. The van der Waals surface area contributed by atoms with Crippen molar-refractivity contribution in [3.8, 4) is 0 Å². The Morgan fingerprint density at radius 3 is 2.60 bits per heavy atom. The van der Waals surface area contributed by atoms with Gasteiger partial charge in [-0.15, -0.1) is 0 Å². The molecule has 1 unspecified atom stereocenters. The van der Waals surface area contributed by atoms with Crippen LogP contribution < -0.4 is 16.4 Å². The lowest BCUT2D eigenvalue weighted by Gasteiger charge is -2.22. The Labute approximate surface area is 146 Å². The van der Waals surface area contributed by atoms with Gasteiger partial charge in [-0.2, -0.15) is 15.1 Å². The Balaban J connectivity index is 1.85. The van der Waals surface area contributed by atoms with E-state index in [4.69, 9.17) is 5.73 Å². The summed E-state index contributed by atoms with van der Waals surface area (Å²) in [5.41, 5.74) is 7.88. The number of rotatable bonds is 5. The highest BCUT2D eigenvalue weighted by Gasteiger charge is 2.17. The number of fused-ring (bicyclic) bond motifs is 1. The number of hydrogen-bond donors (Lipinski definition) is 3. The zero-order chi connectivity index (χ0) is 18.0. The number of nitrogens with zero attached hydrogens (tertiary/aromatic N) is 5. The Kier molecular flexibility index (Phi) is 4.54. The normalized spacial score (nSPS) is 13.0. The van der Waals surface area contributed by atoms with Crippen molar-refractivity contribution in [2.75, 3.05) is 17.2 Å². The molecule has 3 heterocycles. The van der Waals surface area contributed by atoms with Crippen molar-refractivity contribution in [1.82, 2.24) is 24.7 Å². The molecule has 0 aliphatic carbocycles. The Morgan fingerprint density at radius 2 is 1.92 bits per heavy atom. The third kappa shape index (κ3) is 4.03. The average molecular weight is 340 g/mol. The number of nitrogens with two attached hydrogens (primary N) is 1. The van der Waals surface area contributed by atoms with Crippen molar-refractivity contribution in [3.05, 3.63) is 36.3 Å². The van der Waals surface area contributed by atoms with E-state index in [9.17, 15) is 0 Å². The standard InChI is InChI=1S/C17H24N8/c1-17(2,3)24-14-12-9-21-25(4)15(12)23-16(22-14)20-10-13(18)11-5-7-19-8-6-11/h5-9,13H,10,18H2,1-4H3,(H2,20,22,23,24). The van der Waals surface area contributed by atoms with Gasteiger partial charge in [-0.3, -0.25) is 9.67 Å². The fourth-order valence-electron chi connectivity index (χ4n) is 2.48. The van der Waals surface area contributed by atoms with Crippen LogP contribution in [0.25, 0.3) is 11.0 Å². The Bertz CT molecular complexity index is 850. The molecule has 1 atom stereocenters. The molecule has 0 fully saturated rings. The van der Waals surface area contributed by atoms with Crippen LogP contribution in [0.1, 0.15) is 32.4 Å². The van der Waals surface area contributed by atoms with E-state index < -0.39 is 0 Å². The highest BCUT2D eigenvalue weighted by molar-refractivity contribution is 5.87. The fourth-order valence-corrected chi connectivity index (χ4v) is 2.48. The second-order valence-corrected chi connectivity index (χ2v) is 7.04. The van der Waals surface area contributed by atoms with Crippen LogP contribution in [0, 0.1) is 0 Å². The van der Waals surface area contributed by atoms with Gasteiger partial charge in [0.15, 0.2) is 5.65 Å². The van der Waals surface area contributed by atoms with Gasteiger partial charge in [-0.05, 0) is 38.5 Å². The molecule has 0 radical (unpaired) electrons. The molecule has 3 rings (SSSR count). The summed E-state index contributed by atoms with van der Waals surface area (Å²) in [6.07, 6.45) is 5.24. The quantitative estimate of drug-likeness (QED) is 0.653. The van der Waals surface area contributed by atoms with E-state index in [0.717, 1.165) is 22.4 Å². The minimum atomic E-state index is -0.173. The van der Waals surface area contributed by atoms with Crippen molar-refractivity contribution in [3.63, 3.8) is 0 Å². The number of pyridine rings is 1. The molecule has 0 saturated heterocycles. The largest absolute Gasteiger partial charge is 0.365 e. The predicted molar refractivity (Wildman–Crippen MR) is 99.3 cm³/mol. The van der Waals surface area contributed by atoms with Crippen LogP contribution in [-0.2, 0) is 7.05 Å². The fraction of sp³-hybridized carbons (Fsp3) is 0.412. The van der Waals surface area contributed by atoms with Crippen LogP contribution in [0.4, 0.5) is 11.8 Å². The van der Waals surface area contributed by atoms with Gasteiger partial charge >= 0.3 is 0 Å². The van der Waals surface area contributed by atoms with E-state index in [1.54, 1.807) is 23.3 Å². The summed E-state index contributed by atoms with van der Waals surface area (Å²) in [4.78, 5) is 13.2. The van der Waals surface area contributed by atoms with Crippen LogP contribution >= 0.6 is 0 Å². The lowest BCUT2D eigenvalue weighted by molar-refractivity contribution is 0.631. The summed E-state index contributed by atoms with van der Waals surface area (Å²) in [5, 5.41) is 11.8. The number of hydrogen-bond acceptors (Lipinski definition) is 7. The van der Waals surface area contributed by atoms with Crippen LogP contribution in [0.15, 0.2) is 30.7 Å². The van der Waals surface area contributed by atoms with Gasteiger partial charge in [0.25, 0.3) is 0 Å². The van der Waals surface area contributed by atoms with Gasteiger partial charge in [0.05, 0.1) is 11.6 Å². The topological polar surface area (TPSA) is 107 Å². The molecule has 8 nitrogen and oxygen atoms in total. The van der Waals surface area contributed by atoms with E-state index in [-0.39, 0.29) is 11.6 Å². The molecule has 0 aliphatic rings. The summed E-state index contributed by atoms with van der Waals surface area (Å²) in [6.45, 7) is 6.78. The lowest BCUT2D eigenvalue weighted by atomic mass is 10.1. The first-order chi connectivity index (χ1) is 11.8. The van der Waals surface area contributed by atoms with Crippen LogP contribution in [0.3, 0.4) is 0 Å². The number of aromatic nitrogens is 5. The molecular weight excluding hydrogens is 316 g/mol. The summed E-state index contributed by atoms with van der Waals surface area (Å²) in [6, 6.07) is 3.64. The van der Waals surface area contributed by atoms with Crippen molar-refractivity contribution in [2.24, 2.45) is 12.8 Å². The van der Waals surface area contributed by atoms with E-state index in [1.165, 1.54) is 0 Å². The van der Waals surface area contributed by atoms with Crippen molar-refractivity contribution < 1.29 is 0 Å². The molecule has 0 amide bonds. The van der Waals surface area contributed by atoms with Crippen molar-refractivity contribution >= 4 is 22.8 Å². The van der Waals surface area contributed by atoms with E-state index in [1.807, 2.05) is 19.2 Å². The summed E-state index contributed by atoms with van der Waals surface area (Å²) in [7, 11) is 1.86. The number of nitrogens with one attached hydrogen (secondary N) is 2. The highest BCUT2D eigenvalue weighted by Crippen LogP contribution is 2.24. The molecule has 0 saturated carbocycles. The van der Waals surface area contributed by atoms with Crippen molar-refractivity contribution in [2.45, 2.75) is 32.4 Å². The second-order valence-electron chi connectivity index (χ2n) is 7.04. The molecule has 0 bridgehead atoms. The van der Waals surface area contributed by atoms with Gasteiger partial charge in [0.1, 0.15) is 5.82 Å². The SMILES string of the molecule is Cn1ncc2c(NC(C)(C)C)nc(NCC(N)c3ccncc3)nc21. The molecule has 25 heavy (non-hydrogen) atoms. The van der Waals surface area contributed by atoms with E-state index in [0.29, 0.717) is 12.5 Å². The minimum Gasteiger partial charge on any atom is -0.365 e. The van der Waals surface area contributed by atoms with Crippen LogP contribution in [0.2, 0.25) is 0 Å². The van der Waals surface area contributed by atoms with Gasteiger partial charge < -0.3 is 16.4 Å². The second kappa shape index (κ2) is 6.64. The maximum Gasteiger partial charge on any atom is 0.226 e. The summed E-state index contributed by atoms with van der Waals surface area (Å²) >= 11 is 0. The maximum atomic E-state index is 6.23. The molecule has 0 aromatic carbocycles. The Morgan fingerprint density at radius 1 is 1.20 bits per heavy atom. The highest BCUT2D eigenvalue weighted by atomic mass is 15.3. The first-order valence-electron chi connectivity index (χ1n) is 8.21. The smallest absolute Gasteiger partial charge is 0.226 e. The van der Waals surface area contributed by atoms with Gasteiger partial charge in [0, 0.05) is 37.6 Å². The van der Waals surface area contributed by atoms with Gasteiger partial charge in [-0.1, -0.05) is 0 Å². The predicted octanol–water partition coefficient (Wildman–Crippen LogP) is 2.08. The van der Waals surface area contributed by atoms with Crippen molar-refractivity contribution in [1.29, 1.82) is 0 Å². The monoisotopic (exact) mass is 340 g/mol. The molecule has 0 aliphatic heterocycles. The first kappa shape index (κ1) is 17.1. The third-order valence-electron chi connectivity index (χ3n) is 3.70. The molecule has 132 valence electrons. The summed E-state index contributed by atoms with van der Waals surface area (Å²) in [5.74, 6) is 1.28. The molecule has 3 aromatic rings. The zero-order valence-electron chi connectivity index (χ0n) is 15.0. The van der Waals surface area contributed by atoms with E-state index in [2.05, 4.69) is 51.5 Å². The summed E-state index contributed by atoms with van der Waals surface area (Å²) < 4.78 is 1.73. The van der Waals surface area contributed by atoms with Crippen LogP contribution in [-0.4, -0.2) is 36.8 Å². The molecule has 3 aromatic heterocycles. The number of aryl methyl sites for hydroxylation is 1. The van der Waals surface area contributed by atoms with Gasteiger partial charge in [-0.25, -0.2) is 0 Å². The first-order valence-corrected chi connectivity index (χ1v) is 8.21. The molecule has 0 spiro atoms. The van der Waals surface area contributed by atoms with E-state index >= 15 is 0 Å². The minimum absolute atomic E-state index is 0.123.